The molecule has 24 heavy (non-hydrogen) atoms. The van der Waals surface area contributed by atoms with Gasteiger partial charge in [0, 0.05) is 6.54 Å². The second kappa shape index (κ2) is 6.83. The highest BCUT2D eigenvalue weighted by Gasteiger charge is 2.34. The highest BCUT2D eigenvalue weighted by atomic mass is 16.5. The smallest absolute Gasteiger partial charge is 0.316 e. The van der Waals surface area contributed by atoms with E-state index in [0.717, 1.165) is 0 Å². The molecule has 0 aliphatic carbocycles. The monoisotopic (exact) mass is 327 g/mol. The minimum atomic E-state index is -0.607. The summed E-state index contributed by atoms with van der Waals surface area (Å²) in [6, 6.07) is 6.74. The first-order valence-corrected chi connectivity index (χ1v) is 7.76. The van der Waals surface area contributed by atoms with Crippen molar-refractivity contribution in [1.29, 1.82) is 0 Å². The maximum Gasteiger partial charge on any atom is 0.316 e. The van der Waals surface area contributed by atoms with Gasteiger partial charge in [-0.3, -0.25) is 19.3 Å². The van der Waals surface area contributed by atoms with Crippen molar-refractivity contribution in [3.05, 3.63) is 59.4 Å². The zero-order valence-corrected chi connectivity index (χ0v) is 14.3. The van der Waals surface area contributed by atoms with Crippen LogP contribution in [0.25, 0.3) is 0 Å². The third-order valence-electron chi connectivity index (χ3n) is 3.56. The van der Waals surface area contributed by atoms with Gasteiger partial charge in [0.25, 0.3) is 11.8 Å². The lowest BCUT2D eigenvalue weighted by atomic mass is 9.97. The predicted octanol–water partition coefficient (Wildman–Crippen LogP) is 3.33. The Morgan fingerprint density at radius 3 is 2.12 bits per heavy atom. The number of nitrogens with zero attached hydrogens (tertiary/aromatic N) is 1. The minimum Gasteiger partial charge on any atom is -0.427 e. The van der Waals surface area contributed by atoms with Crippen LogP contribution in [0.1, 0.15) is 48.4 Å². The molecule has 1 aliphatic rings. The van der Waals surface area contributed by atoms with E-state index in [4.69, 9.17) is 4.74 Å². The fraction of sp³-hybridized carbons (Fsp3) is 0.316. The molecule has 1 heterocycles. The van der Waals surface area contributed by atoms with Gasteiger partial charge in [-0.1, -0.05) is 18.2 Å². The molecule has 1 aromatic rings. The average Bonchev–Trinajstić information content (AvgIpc) is 2.78. The normalized spacial score (nSPS) is 15.2. The van der Waals surface area contributed by atoms with E-state index < -0.39 is 5.41 Å². The van der Waals surface area contributed by atoms with Crippen molar-refractivity contribution in [3.8, 4) is 0 Å². The van der Waals surface area contributed by atoms with Crippen LogP contribution in [-0.2, 0) is 9.53 Å². The summed E-state index contributed by atoms with van der Waals surface area (Å²) in [7, 11) is 0. The van der Waals surface area contributed by atoms with Gasteiger partial charge in [-0.05, 0) is 52.0 Å². The molecule has 0 aromatic heterocycles. The van der Waals surface area contributed by atoms with Gasteiger partial charge >= 0.3 is 5.97 Å². The summed E-state index contributed by atoms with van der Waals surface area (Å²) < 4.78 is 5.29. The first-order valence-electron chi connectivity index (χ1n) is 7.76. The van der Waals surface area contributed by atoms with Crippen LogP contribution in [-0.4, -0.2) is 29.2 Å². The Morgan fingerprint density at radius 1 is 1.12 bits per heavy atom. The molecule has 0 fully saturated rings. The first kappa shape index (κ1) is 17.7. The lowest BCUT2D eigenvalue weighted by Gasteiger charge is -2.16. The molecule has 5 nitrogen and oxygen atoms in total. The van der Waals surface area contributed by atoms with E-state index >= 15 is 0 Å². The summed E-state index contributed by atoms with van der Waals surface area (Å²) in [4.78, 5) is 37.5. The molecule has 126 valence electrons. The van der Waals surface area contributed by atoms with Gasteiger partial charge in [0.2, 0.25) is 0 Å². The second-order valence-electron chi connectivity index (χ2n) is 6.50. The Labute approximate surface area is 141 Å². The molecule has 1 aliphatic heterocycles. The van der Waals surface area contributed by atoms with Crippen molar-refractivity contribution >= 4 is 17.8 Å². The van der Waals surface area contributed by atoms with Gasteiger partial charge in [0.15, 0.2) is 0 Å². The lowest BCUT2D eigenvalue weighted by Crippen LogP contribution is -2.29. The van der Waals surface area contributed by atoms with Crippen molar-refractivity contribution in [1.82, 2.24) is 4.90 Å². The van der Waals surface area contributed by atoms with Crippen LogP contribution in [0.15, 0.2) is 48.3 Å². The maximum absolute atomic E-state index is 12.2. The van der Waals surface area contributed by atoms with Crippen LogP contribution in [0.5, 0.6) is 0 Å². The third kappa shape index (κ3) is 3.62. The standard InChI is InChI=1S/C19H21NO4/c1-5-13(24-18(23)19(2,3)4)9-8-12-20-16(21)14-10-6-7-11-15(14)17(20)22/h5-11H,12H2,1-4H3/b9-8+,13-5-. The Hall–Kier alpha value is -2.69. The number of imide groups is 1. The number of hydrogen-bond donors (Lipinski definition) is 0. The third-order valence-corrected chi connectivity index (χ3v) is 3.56. The van der Waals surface area contributed by atoms with Gasteiger partial charge < -0.3 is 4.74 Å². The lowest BCUT2D eigenvalue weighted by molar-refractivity contribution is -0.148. The molecule has 2 amide bonds. The SMILES string of the molecule is C/C=C(/C=C/CN1C(=O)c2ccccc2C1=O)OC(=O)C(C)(C)C. The van der Waals surface area contributed by atoms with Gasteiger partial charge in [0.1, 0.15) is 5.76 Å². The number of esters is 1. The van der Waals surface area contributed by atoms with Crippen LogP contribution in [0.3, 0.4) is 0 Å². The predicted molar refractivity (Wildman–Crippen MR) is 90.3 cm³/mol. The number of amides is 2. The topological polar surface area (TPSA) is 63.7 Å². The number of ether oxygens (including phenoxy) is 1. The van der Waals surface area contributed by atoms with Crippen molar-refractivity contribution in [2.45, 2.75) is 27.7 Å². The Kier molecular flexibility index (Phi) is 5.02. The van der Waals surface area contributed by atoms with Gasteiger partial charge in [-0.25, -0.2) is 0 Å². The average molecular weight is 327 g/mol. The Morgan fingerprint density at radius 2 is 1.67 bits per heavy atom. The molecule has 1 aromatic carbocycles. The number of carbonyl (C=O) groups excluding carboxylic acids is 3. The highest BCUT2D eigenvalue weighted by Crippen LogP contribution is 2.22. The summed E-state index contributed by atoms with van der Waals surface area (Å²) in [5, 5.41) is 0. The van der Waals surface area contributed by atoms with E-state index in [0.29, 0.717) is 16.9 Å². The van der Waals surface area contributed by atoms with Crippen molar-refractivity contribution in [2.75, 3.05) is 6.54 Å². The summed E-state index contributed by atoms with van der Waals surface area (Å²) >= 11 is 0. The zero-order valence-electron chi connectivity index (χ0n) is 14.3. The molecule has 0 bridgehead atoms. The van der Waals surface area contributed by atoms with E-state index in [9.17, 15) is 14.4 Å². The van der Waals surface area contributed by atoms with Crippen molar-refractivity contribution in [3.63, 3.8) is 0 Å². The molecule has 2 rings (SSSR count). The van der Waals surface area contributed by atoms with Crippen LogP contribution in [0.4, 0.5) is 0 Å². The molecule has 0 unspecified atom stereocenters. The van der Waals surface area contributed by atoms with E-state index in [1.165, 1.54) is 4.90 Å². The first-order chi connectivity index (χ1) is 11.3. The van der Waals surface area contributed by atoms with E-state index in [2.05, 4.69) is 0 Å². The summed E-state index contributed by atoms with van der Waals surface area (Å²) in [6.45, 7) is 7.18. The highest BCUT2D eigenvalue weighted by molar-refractivity contribution is 6.21. The molecule has 0 spiro atoms. The number of benzene rings is 1. The molecular weight excluding hydrogens is 306 g/mol. The second-order valence-corrected chi connectivity index (χ2v) is 6.50. The minimum absolute atomic E-state index is 0.122. The van der Waals surface area contributed by atoms with E-state index in [1.54, 1.807) is 70.2 Å². The number of rotatable bonds is 4. The molecule has 0 saturated heterocycles. The molecule has 0 N–H and O–H groups in total. The summed E-state index contributed by atoms with van der Waals surface area (Å²) in [5.41, 5.74) is 0.229. The number of carbonyl (C=O) groups is 3. The molecule has 0 saturated carbocycles. The fourth-order valence-corrected chi connectivity index (χ4v) is 2.13. The van der Waals surface area contributed by atoms with Crippen LogP contribution >= 0.6 is 0 Å². The number of allylic oxidation sites excluding steroid dienone is 2. The molecule has 0 atom stereocenters. The summed E-state index contributed by atoms with van der Waals surface area (Å²) in [5.74, 6) is -0.588. The zero-order chi connectivity index (χ0) is 17.9. The van der Waals surface area contributed by atoms with Gasteiger partial charge in [-0.2, -0.15) is 0 Å². The molecule has 0 radical (unpaired) electrons. The largest absolute Gasteiger partial charge is 0.427 e. The van der Waals surface area contributed by atoms with Crippen LogP contribution in [0.2, 0.25) is 0 Å². The van der Waals surface area contributed by atoms with Crippen LogP contribution < -0.4 is 0 Å². The van der Waals surface area contributed by atoms with Crippen molar-refractivity contribution in [2.24, 2.45) is 5.41 Å². The van der Waals surface area contributed by atoms with Crippen molar-refractivity contribution < 1.29 is 19.1 Å². The fourth-order valence-electron chi connectivity index (χ4n) is 2.13. The Bertz CT molecular complexity index is 703. The molecular formula is C19H21NO4. The Balaban J connectivity index is 2.03. The molecule has 5 heteroatoms. The van der Waals surface area contributed by atoms with E-state index in [1.807, 2.05) is 0 Å². The van der Waals surface area contributed by atoms with Gasteiger partial charge in [-0.15, -0.1) is 0 Å². The maximum atomic E-state index is 12.2. The summed E-state index contributed by atoms with van der Waals surface area (Å²) in [6.07, 6.45) is 4.88. The van der Waals surface area contributed by atoms with Crippen LogP contribution in [0, 0.1) is 5.41 Å². The number of hydrogen-bond acceptors (Lipinski definition) is 4. The quantitative estimate of drug-likeness (QED) is 0.368. The van der Waals surface area contributed by atoms with E-state index in [-0.39, 0.29) is 24.3 Å². The number of fused-ring (bicyclic) bond motifs is 1. The van der Waals surface area contributed by atoms with Gasteiger partial charge in [0.05, 0.1) is 16.5 Å².